The summed E-state index contributed by atoms with van der Waals surface area (Å²) in [5.41, 5.74) is 2.11. The summed E-state index contributed by atoms with van der Waals surface area (Å²) in [4.78, 5) is 24.3. The van der Waals surface area contributed by atoms with Gasteiger partial charge in [-0.3, -0.25) is 4.79 Å². The smallest absolute Gasteiger partial charge is 0.338 e. The molecular formula is C28H28O8. The number of hydrogen-bond donors (Lipinski definition) is 1. The molecule has 0 aliphatic carbocycles. The molecular weight excluding hydrogens is 464 g/mol. The summed E-state index contributed by atoms with van der Waals surface area (Å²) in [6, 6.07) is 27.3. The minimum Gasteiger partial charge on any atom is -0.457 e. The van der Waals surface area contributed by atoms with E-state index in [4.69, 9.17) is 23.7 Å². The molecule has 3 aromatic carbocycles. The van der Waals surface area contributed by atoms with Crippen LogP contribution in [0.3, 0.4) is 0 Å². The van der Waals surface area contributed by atoms with Crippen molar-refractivity contribution in [1.82, 2.24) is 0 Å². The van der Waals surface area contributed by atoms with Crippen molar-refractivity contribution in [2.45, 2.75) is 43.9 Å². The predicted molar refractivity (Wildman–Crippen MR) is 129 cm³/mol. The number of esters is 1. The second-order valence-electron chi connectivity index (χ2n) is 8.26. The minimum absolute atomic E-state index is 0.0250. The summed E-state index contributed by atoms with van der Waals surface area (Å²) >= 11 is 0. The van der Waals surface area contributed by atoms with E-state index in [0.29, 0.717) is 5.56 Å². The standard InChI is InChI=1S/C28H28O8/c29-19-34-25-24(36-27(30)22-14-8-3-9-15-22)23(18-32-16-20-10-4-1-5-11-20)35-28(31)26(25)33-17-21-12-6-2-7-13-21/h1-15,19,23-26,28,31H,16-18H2/t23-,24-,25+,26-,28+/m1/s1. The highest BCUT2D eigenvalue weighted by atomic mass is 16.7. The van der Waals surface area contributed by atoms with Gasteiger partial charge in [0.05, 0.1) is 25.4 Å². The van der Waals surface area contributed by atoms with Gasteiger partial charge in [0, 0.05) is 0 Å². The molecule has 0 amide bonds. The van der Waals surface area contributed by atoms with E-state index >= 15 is 0 Å². The van der Waals surface area contributed by atoms with E-state index in [1.54, 1.807) is 30.3 Å². The van der Waals surface area contributed by atoms with Gasteiger partial charge in [-0.15, -0.1) is 0 Å². The molecule has 0 radical (unpaired) electrons. The molecule has 0 unspecified atom stereocenters. The largest absolute Gasteiger partial charge is 0.457 e. The molecule has 1 saturated heterocycles. The Bertz CT molecular complexity index is 1080. The third kappa shape index (κ3) is 6.77. The third-order valence-corrected chi connectivity index (χ3v) is 5.75. The lowest BCUT2D eigenvalue weighted by molar-refractivity contribution is -0.300. The van der Waals surface area contributed by atoms with E-state index in [1.807, 2.05) is 60.7 Å². The zero-order valence-electron chi connectivity index (χ0n) is 19.6. The van der Waals surface area contributed by atoms with E-state index in [0.717, 1.165) is 11.1 Å². The monoisotopic (exact) mass is 492 g/mol. The maximum Gasteiger partial charge on any atom is 0.338 e. The maximum absolute atomic E-state index is 12.9. The van der Waals surface area contributed by atoms with Crippen LogP contribution in [0.2, 0.25) is 0 Å². The van der Waals surface area contributed by atoms with Crippen molar-refractivity contribution >= 4 is 12.4 Å². The first-order valence-corrected chi connectivity index (χ1v) is 11.6. The topological polar surface area (TPSA) is 101 Å². The van der Waals surface area contributed by atoms with Gasteiger partial charge in [-0.05, 0) is 23.3 Å². The molecule has 5 atom stereocenters. The lowest BCUT2D eigenvalue weighted by Gasteiger charge is -2.43. The number of rotatable bonds is 11. The molecule has 1 N–H and O–H groups in total. The predicted octanol–water partition coefficient (Wildman–Crippen LogP) is 3.27. The molecule has 8 heteroatoms. The first kappa shape index (κ1) is 25.5. The lowest BCUT2D eigenvalue weighted by Crippen LogP contribution is -2.61. The summed E-state index contributed by atoms with van der Waals surface area (Å²) in [5, 5.41) is 10.8. The Balaban J connectivity index is 1.52. The highest BCUT2D eigenvalue weighted by molar-refractivity contribution is 5.89. The van der Waals surface area contributed by atoms with Crippen molar-refractivity contribution in [3.63, 3.8) is 0 Å². The SMILES string of the molecule is O=CO[C@@H]1[C@@H](OCc2ccccc2)[C@@H](O)O[C@H](COCc2ccccc2)[C@H]1OC(=O)c1ccccc1. The average Bonchev–Trinajstić information content (AvgIpc) is 2.92. The number of hydrogen-bond acceptors (Lipinski definition) is 8. The zero-order chi connectivity index (χ0) is 25.2. The second-order valence-corrected chi connectivity index (χ2v) is 8.26. The first-order valence-electron chi connectivity index (χ1n) is 11.6. The minimum atomic E-state index is -1.45. The van der Waals surface area contributed by atoms with Gasteiger partial charge in [-0.2, -0.15) is 0 Å². The number of carbonyl (C=O) groups is 2. The van der Waals surface area contributed by atoms with Gasteiger partial charge in [0.1, 0.15) is 12.2 Å². The van der Waals surface area contributed by atoms with E-state index in [2.05, 4.69) is 0 Å². The highest BCUT2D eigenvalue weighted by Crippen LogP contribution is 2.29. The molecule has 0 saturated carbocycles. The van der Waals surface area contributed by atoms with Crippen LogP contribution in [0.4, 0.5) is 0 Å². The molecule has 36 heavy (non-hydrogen) atoms. The van der Waals surface area contributed by atoms with Gasteiger partial charge in [-0.1, -0.05) is 78.9 Å². The van der Waals surface area contributed by atoms with Crippen LogP contribution in [-0.2, 0) is 41.7 Å². The normalized spacial score (nSPS) is 23.5. The Hall–Kier alpha value is -3.56. The quantitative estimate of drug-likeness (QED) is 0.322. The molecule has 1 heterocycles. The van der Waals surface area contributed by atoms with Crippen LogP contribution in [0, 0.1) is 0 Å². The molecule has 4 rings (SSSR count). The Morgan fingerprint density at radius 2 is 1.39 bits per heavy atom. The van der Waals surface area contributed by atoms with E-state index in [1.165, 1.54) is 0 Å². The summed E-state index contributed by atoms with van der Waals surface area (Å²) in [7, 11) is 0. The van der Waals surface area contributed by atoms with Crippen molar-refractivity contribution in [1.29, 1.82) is 0 Å². The molecule has 1 fully saturated rings. The van der Waals surface area contributed by atoms with Crippen molar-refractivity contribution in [3.05, 3.63) is 108 Å². The van der Waals surface area contributed by atoms with Crippen LogP contribution < -0.4 is 0 Å². The summed E-state index contributed by atoms with van der Waals surface area (Å²) in [5.74, 6) is -0.630. The van der Waals surface area contributed by atoms with Gasteiger partial charge >= 0.3 is 5.97 Å². The van der Waals surface area contributed by atoms with E-state index in [-0.39, 0.29) is 26.3 Å². The van der Waals surface area contributed by atoms with Crippen LogP contribution in [-0.4, -0.2) is 54.9 Å². The van der Waals surface area contributed by atoms with Gasteiger partial charge in [0.15, 0.2) is 18.5 Å². The third-order valence-electron chi connectivity index (χ3n) is 5.75. The number of ether oxygens (including phenoxy) is 5. The number of benzene rings is 3. The Morgan fingerprint density at radius 1 is 0.806 bits per heavy atom. The van der Waals surface area contributed by atoms with Crippen LogP contribution in [0.15, 0.2) is 91.0 Å². The van der Waals surface area contributed by atoms with Gasteiger partial charge < -0.3 is 28.8 Å². The molecule has 0 aromatic heterocycles. The van der Waals surface area contributed by atoms with Gasteiger partial charge in [-0.25, -0.2) is 4.79 Å². The Morgan fingerprint density at radius 3 is 2.00 bits per heavy atom. The Labute approximate surface area is 209 Å². The van der Waals surface area contributed by atoms with Gasteiger partial charge in [0.25, 0.3) is 6.47 Å². The molecule has 0 spiro atoms. The molecule has 188 valence electrons. The van der Waals surface area contributed by atoms with Crippen LogP contribution in [0.5, 0.6) is 0 Å². The number of carbonyl (C=O) groups excluding carboxylic acids is 2. The van der Waals surface area contributed by atoms with Crippen molar-refractivity contribution in [2.75, 3.05) is 6.61 Å². The fraction of sp³-hybridized carbons (Fsp3) is 0.286. The zero-order valence-corrected chi connectivity index (χ0v) is 19.6. The molecule has 3 aromatic rings. The first-order chi connectivity index (χ1) is 17.7. The lowest BCUT2D eigenvalue weighted by atomic mass is 9.98. The van der Waals surface area contributed by atoms with Gasteiger partial charge in [0.2, 0.25) is 0 Å². The van der Waals surface area contributed by atoms with Crippen LogP contribution in [0.1, 0.15) is 21.5 Å². The fourth-order valence-electron chi connectivity index (χ4n) is 3.97. The van der Waals surface area contributed by atoms with Crippen molar-refractivity contribution in [2.24, 2.45) is 0 Å². The van der Waals surface area contributed by atoms with E-state index < -0.39 is 36.7 Å². The maximum atomic E-state index is 12.9. The van der Waals surface area contributed by atoms with Crippen LogP contribution in [0.25, 0.3) is 0 Å². The summed E-state index contributed by atoms with van der Waals surface area (Å²) in [6.45, 7) is 0.623. The van der Waals surface area contributed by atoms with Crippen LogP contribution >= 0.6 is 0 Å². The fourth-order valence-corrected chi connectivity index (χ4v) is 3.97. The summed E-state index contributed by atoms with van der Waals surface area (Å²) in [6.07, 6.45) is -5.70. The van der Waals surface area contributed by atoms with Crippen molar-refractivity contribution in [3.8, 4) is 0 Å². The molecule has 1 aliphatic rings. The average molecular weight is 493 g/mol. The number of aliphatic hydroxyl groups excluding tert-OH is 1. The molecule has 8 nitrogen and oxygen atoms in total. The van der Waals surface area contributed by atoms with Crippen molar-refractivity contribution < 1.29 is 38.4 Å². The molecule has 0 bridgehead atoms. The molecule has 1 aliphatic heterocycles. The highest BCUT2D eigenvalue weighted by Gasteiger charge is 2.50. The Kier molecular flexibility index (Phi) is 9.18. The number of aliphatic hydroxyl groups is 1. The summed E-state index contributed by atoms with van der Waals surface area (Å²) < 4.78 is 28.6. The van der Waals surface area contributed by atoms with E-state index in [9.17, 15) is 14.7 Å². The second kappa shape index (κ2) is 12.9.